The van der Waals surface area contributed by atoms with Crippen molar-refractivity contribution in [2.24, 2.45) is 0 Å². The van der Waals surface area contributed by atoms with Crippen LogP contribution < -0.4 is 4.74 Å². The highest BCUT2D eigenvalue weighted by atomic mass is 35.5. The van der Waals surface area contributed by atoms with E-state index in [1.165, 1.54) is 18.2 Å². The van der Waals surface area contributed by atoms with Crippen molar-refractivity contribution < 1.29 is 14.6 Å². The molecule has 0 fully saturated rings. The van der Waals surface area contributed by atoms with Crippen LogP contribution in [0.4, 0.5) is 0 Å². The Morgan fingerprint density at radius 3 is 2.75 bits per heavy atom. The summed E-state index contributed by atoms with van der Waals surface area (Å²) in [6, 6.07) is 6.08. The predicted molar refractivity (Wildman–Crippen MR) is 76.7 cm³/mol. The third-order valence-electron chi connectivity index (χ3n) is 2.32. The van der Waals surface area contributed by atoms with E-state index in [2.05, 4.69) is 6.58 Å². The second kappa shape index (κ2) is 7.17. The molecule has 0 saturated heterocycles. The van der Waals surface area contributed by atoms with E-state index in [0.717, 1.165) is 0 Å². The topological polar surface area (TPSA) is 70.3 Å². The van der Waals surface area contributed by atoms with Gasteiger partial charge < -0.3 is 9.84 Å². The molecule has 102 valence electrons. The molecular formula is C15H12ClNO3. The number of aromatic carboxylic acids is 1. The van der Waals surface area contributed by atoms with Crippen LogP contribution in [0.5, 0.6) is 5.75 Å². The number of carboxylic acid groups (broad SMARTS) is 1. The van der Waals surface area contributed by atoms with E-state index in [9.17, 15) is 4.79 Å². The molecule has 0 spiro atoms. The van der Waals surface area contributed by atoms with Gasteiger partial charge in [0.15, 0.2) is 0 Å². The van der Waals surface area contributed by atoms with Gasteiger partial charge in [0.2, 0.25) is 0 Å². The van der Waals surface area contributed by atoms with Gasteiger partial charge in [0.05, 0.1) is 22.2 Å². The largest absolute Gasteiger partial charge is 0.478 e. The van der Waals surface area contributed by atoms with Gasteiger partial charge in [-0.1, -0.05) is 30.3 Å². The fraction of sp³-hybridized carbons (Fsp3) is 0.0667. The van der Waals surface area contributed by atoms with Gasteiger partial charge in [-0.05, 0) is 31.2 Å². The summed E-state index contributed by atoms with van der Waals surface area (Å²) < 4.78 is 5.53. The van der Waals surface area contributed by atoms with Crippen molar-refractivity contribution in [2.75, 3.05) is 0 Å². The first-order valence-corrected chi connectivity index (χ1v) is 5.98. The molecular weight excluding hydrogens is 278 g/mol. The van der Waals surface area contributed by atoms with Crippen LogP contribution in [0.3, 0.4) is 0 Å². The van der Waals surface area contributed by atoms with Crippen LogP contribution in [-0.4, -0.2) is 11.1 Å². The lowest BCUT2D eigenvalue weighted by Gasteiger charge is -2.09. The molecule has 20 heavy (non-hydrogen) atoms. The Hall–Kier alpha value is -2.51. The molecule has 0 radical (unpaired) electrons. The molecule has 0 unspecified atom stereocenters. The monoisotopic (exact) mass is 289 g/mol. The summed E-state index contributed by atoms with van der Waals surface area (Å²) in [5.74, 6) is -0.485. The lowest BCUT2D eigenvalue weighted by Crippen LogP contribution is -1.99. The summed E-state index contributed by atoms with van der Waals surface area (Å²) in [6.07, 6.45) is 4.74. The van der Waals surface area contributed by atoms with Gasteiger partial charge >= 0.3 is 5.97 Å². The van der Waals surface area contributed by atoms with E-state index in [4.69, 9.17) is 26.7 Å². The van der Waals surface area contributed by atoms with Gasteiger partial charge in [0, 0.05) is 0 Å². The average Bonchev–Trinajstić information content (AvgIpc) is 2.43. The molecule has 4 nitrogen and oxygen atoms in total. The van der Waals surface area contributed by atoms with Crippen molar-refractivity contribution in [3.05, 3.63) is 64.9 Å². The fourth-order valence-electron chi connectivity index (χ4n) is 1.28. The highest BCUT2D eigenvalue weighted by molar-refractivity contribution is 6.32. The second-order valence-corrected chi connectivity index (χ2v) is 4.16. The molecule has 0 aliphatic rings. The molecule has 1 aromatic rings. The fourth-order valence-corrected chi connectivity index (χ4v) is 1.50. The van der Waals surface area contributed by atoms with Gasteiger partial charge in [-0.2, -0.15) is 5.26 Å². The first kappa shape index (κ1) is 15.5. The highest BCUT2D eigenvalue weighted by Gasteiger charge is 2.10. The van der Waals surface area contributed by atoms with Crippen LogP contribution in [-0.2, 0) is 0 Å². The maximum Gasteiger partial charge on any atom is 0.335 e. The van der Waals surface area contributed by atoms with Crippen LogP contribution in [0.25, 0.3) is 0 Å². The number of benzene rings is 1. The number of carbonyl (C=O) groups is 1. The SMILES string of the molecule is C=C/C=C\C(Oc1ccc(C(=O)O)cc1Cl)=C(/C)C#N. The number of carboxylic acids is 1. The number of rotatable bonds is 5. The molecule has 0 saturated carbocycles. The van der Waals surface area contributed by atoms with Crippen LogP contribution in [0.1, 0.15) is 17.3 Å². The van der Waals surface area contributed by atoms with Crippen LogP contribution in [0.15, 0.2) is 54.3 Å². The van der Waals surface area contributed by atoms with Crippen LogP contribution >= 0.6 is 11.6 Å². The van der Waals surface area contributed by atoms with E-state index in [-0.39, 0.29) is 16.3 Å². The molecule has 1 N–H and O–H groups in total. The van der Waals surface area contributed by atoms with Crippen molar-refractivity contribution in [2.45, 2.75) is 6.92 Å². The van der Waals surface area contributed by atoms with E-state index < -0.39 is 5.97 Å². The first-order valence-electron chi connectivity index (χ1n) is 5.60. The Kier molecular flexibility index (Phi) is 5.57. The van der Waals surface area contributed by atoms with E-state index in [0.29, 0.717) is 11.3 Å². The molecule has 0 amide bonds. The lowest BCUT2D eigenvalue weighted by molar-refractivity contribution is 0.0697. The molecule has 0 aliphatic carbocycles. The molecule has 5 heteroatoms. The molecule has 1 rings (SSSR count). The minimum absolute atomic E-state index is 0.0616. The summed E-state index contributed by atoms with van der Waals surface area (Å²) in [6.45, 7) is 5.13. The predicted octanol–water partition coefficient (Wildman–Crippen LogP) is 3.96. The number of ether oxygens (including phenoxy) is 1. The zero-order valence-electron chi connectivity index (χ0n) is 10.8. The number of halogens is 1. The summed E-state index contributed by atoms with van der Waals surface area (Å²) in [4.78, 5) is 10.8. The summed E-state index contributed by atoms with van der Waals surface area (Å²) in [5, 5.41) is 17.9. The standard InChI is InChI=1S/C15H12ClNO3/c1-3-4-5-13(10(2)9-17)20-14-7-6-11(15(18)19)8-12(14)16/h3-8H,1H2,2H3,(H,18,19)/b5-4-,13-10-. The third-order valence-corrected chi connectivity index (χ3v) is 2.62. The molecule has 0 atom stereocenters. The maximum absolute atomic E-state index is 10.8. The van der Waals surface area contributed by atoms with Crippen molar-refractivity contribution in [1.29, 1.82) is 5.26 Å². The van der Waals surface area contributed by atoms with Crippen LogP contribution in [0, 0.1) is 11.3 Å². The second-order valence-electron chi connectivity index (χ2n) is 3.75. The Morgan fingerprint density at radius 2 is 2.25 bits per heavy atom. The van der Waals surface area contributed by atoms with Crippen molar-refractivity contribution in [3.8, 4) is 11.8 Å². The zero-order valence-corrected chi connectivity index (χ0v) is 11.5. The Bertz CT molecular complexity index is 639. The molecule has 0 aliphatic heterocycles. The smallest absolute Gasteiger partial charge is 0.335 e. The normalized spacial score (nSPS) is 11.7. The number of allylic oxidation sites excluding steroid dienone is 4. The number of hydrogen-bond donors (Lipinski definition) is 1. The van der Waals surface area contributed by atoms with E-state index in [1.807, 2.05) is 6.07 Å². The van der Waals surface area contributed by atoms with Crippen molar-refractivity contribution >= 4 is 17.6 Å². The van der Waals surface area contributed by atoms with E-state index in [1.54, 1.807) is 25.2 Å². The molecule has 0 bridgehead atoms. The summed E-state index contributed by atoms with van der Waals surface area (Å²) >= 11 is 5.96. The Balaban J connectivity index is 3.13. The molecule has 0 heterocycles. The number of hydrogen-bond acceptors (Lipinski definition) is 3. The van der Waals surface area contributed by atoms with Gasteiger partial charge in [-0.15, -0.1) is 0 Å². The lowest BCUT2D eigenvalue weighted by atomic mass is 10.2. The first-order chi connectivity index (χ1) is 9.49. The number of nitriles is 1. The maximum atomic E-state index is 10.8. The highest BCUT2D eigenvalue weighted by Crippen LogP contribution is 2.28. The summed E-state index contributed by atoms with van der Waals surface area (Å²) in [7, 11) is 0. The van der Waals surface area contributed by atoms with Gasteiger partial charge in [-0.3, -0.25) is 0 Å². The van der Waals surface area contributed by atoms with Crippen molar-refractivity contribution in [3.63, 3.8) is 0 Å². The third kappa shape index (κ3) is 4.01. The minimum Gasteiger partial charge on any atom is -0.478 e. The van der Waals surface area contributed by atoms with Crippen molar-refractivity contribution in [1.82, 2.24) is 0 Å². The average molecular weight is 290 g/mol. The van der Waals surface area contributed by atoms with Gasteiger partial charge in [-0.25, -0.2) is 4.79 Å². The van der Waals surface area contributed by atoms with Crippen LogP contribution in [0.2, 0.25) is 5.02 Å². The zero-order chi connectivity index (χ0) is 15.1. The van der Waals surface area contributed by atoms with Gasteiger partial charge in [0.25, 0.3) is 0 Å². The Labute approximate surface area is 121 Å². The minimum atomic E-state index is -1.08. The van der Waals surface area contributed by atoms with Gasteiger partial charge in [0.1, 0.15) is 11.5 Å². The number of nitrogens with zero attached hydrogens (tertiary/aromatic N) is 1. The summed E-state index contributed by atoms with van der Waals surface area (Å²) in [5.41, 5.74) is 0.424. The quantitative estimate of drug-likeness (QED) is 0.506. The van der Waals surface area contributed by atoms with E-state index >= 15 is 0 Å². The Morgan fingerprint density at radius 1 is 1.55 bits per heavy atom. The molecule has 1 aromatic carbocycles. The molecule has 0 aromatic heterocycles.